The van der Waals surface area contributed by atoms with Crippen LogP contribution in [-0.2, 0) is 19.5 Å². The standard InChI is InChI=1S/C14H20N2O3/c1-3-6-16-12-5-7-15(4-2)9-10(12)8-11(13(16)17)14(18)19/h8H,3-7,9H2,1-2H3,(H,18,19). The number of rotatable bonds is 4. The number of pyridine rings is 1. The van der Waals surface area contributed by atoms with Gasteiger partial charge in [-0.1, -0.05) is 13.8 Å². The van der Waals surface area contributed by atoms with Crippen LogP contribution in [0.3, 0.4) is 0 Å². The minimum Gasteiger partial charge on any atom is -0.477 e. The molecule has 0 saturated heterocycles. The molecule has 2 heterocycles. The van der Waals surface area contributed by atoms with Crippen LogP contribution in [0.5, 0.6) is 0 Å². The fraction of sp³-hybridized carbons (Fsp3) is 0.571. The van der Waals surface area contributed by atoms with Crippen LogP contribution in [0, 0.1) is 0 Å². The summed E-state index contributed by atoms with van der Waals surface area (Å²) in [5.74, 6) is -1.13. The molecule has 0 unspecified atom stereocenters. The van der Waals surface area contributed by atoms with Crippen molar-refractivity contribution in [1.82, 2.24) is 9.47 Å². The molecule has 0 fully saturated rings. The lowest BCUT2D eigenvalue weighted by atomic mass is 10.0. The van der Waals surface area contributed by atoms with Gasteiger partial charge in [0.2, 0.25) is 0 Å². The predicted octanol–water partition coefficient (Wildman–Crippen LogP) is 1.33. The maximum Gasteiger partial charge on any atom is 0.341 e. The second-order valence-corrected chi connectivity index (χ2v) is 4.91. The fourth-order valence-corrected chi connectivity index (χ4v) is 2.66. The molecule has 0 aromatic carbocycles. The summed E-state index contributed by atoms with van der Waals surface area (Å²) in [5, 5.41) is 9.16. The maximum atomic E-state index is 12.2. The molecule has 0 amide bonds. The molecule has 0 atom stereocenters. The first kappa shape index (κ1) is 13.8. The lowest BCUT2D eigenvalue weighted by molar-refractivity contribution is 0.0693. The van der Waals surface area contributed by atoms with E-state index in [9.17, 15) is 9.59 Å². The minimum absolute atomic E-state index is 0.106. The third kappa shape index (κ3) is 2.56. The van der Waals surface area contributed by atoms with Gasteiger partial charge in [-0.3, -0.25) is 9.69 Å². The van der Waals surface area contributed by atoms with Crippen LogP contribution < -0.4 is 5.56 Å². The minimum atomic E-state index is -1.13. The molecule has 1 aliphatic heterocycles. The molecule has 2 rings (SSSR count). The van der Waals surface area contributed by atoms with Gasteiger partial charge in [0.1, 0.15) is 5.56 Å². The lowest BCUT2D eigenvalue weighted by Gasteiger charge is -2.29. The van der Waals surface area contributed by atoms with Crippen molar-refractivity contribution in [2.75, 3.05) is 13.1 Å². The first-order valence-electron chi connectivity index (χ1n) is 6.79. The Hall–Kier alpha value is -1.62. The van der Waals surface area contributed by atoms with Gasteiger partial charge in [-0.25, -0.2) is 4.79 Å². The van der Waals surface area contributed by atoms with Crippen molar-refractivity contribution in [3.8, 4) is 0 Å². The van der Waals surface area contributed by atoms with E-state index in [1.54, 1.807) is 10.6 Å². The number of carboxylic acids is 1. The number of carbonyl (C=O) groups is 1. The van der Waals surface area contributed by atoms with E-state index < -0.39 is 5.97 Å². The number of fused-ring (bicyclic) bond motifs is 1. The SMILES string of the molecule is CCCn1c2c(cc(C(=O)O)c1=O)CN(CC)CC2. The Bertz CT molecular complexity index is 548. The van der Waals surface area contributed by atoms with Crippen molar-refractivity contribution in [2.45, 2.75) is 39.8 Å². The maximum absolute atomic E-state index is 12.2. The van der Waals surface area contributed by atoms with Crippen molar-refractivity contribution in [3.05, 3.63) is 33.2 Å². The van der Waals surface area contributed by atoms with Gasteiger partial charge in [-0.05, 0) is 24.6 Å². The van der Waals surface area contributed by atoms with Crippen LogP contribution in [0.1, 0.15) is 41.9 Å². The largest absolute Gasteiger partial charge is 0.477 e. The summed E-state index contributed by atoms with van der Waals surface area (Å²) in [5.41, 5.74) is 1.53. The zero-order valence-electron chi connectivity index (χ0n) is 11.5. The van der Waals surface area contributed by atoms with Gasteiger partial charge >= 0.3 is 5.97 Å². The molecule has 19 heavy (non-hydrogen) atoms. The van der Waals surface area contributed by atoms with Gasteiger partial charge in [-0.15, -0.1) is 0 Å². The molecule has 1 aromatic heterocycles. The summed E-state index contributed by atoms with van der Waals surface area (Å²) in [6, 6.07) is 1.56. The summed E-state index contributed by atoms with van der Waals surface area (Å²) >= 11 is 0. The number of nitrogens with zero attached hydrogens (tertiary/aromatic N) is 2. The van der Waals surface area contributed by atoms with Crippen molar-refractivity contribution in [3.63, 3.8) is 0 Å². The van der Waals surface area contributed by atoms with Crippen LogP contribution in [0.2, 0.25) is 0 Å². The van der Waals surface area contributed by atoms with Crippen molar-refractivity contribution in [1.29, 1.82) is 0 Å². The van der Waals surface area contributed by atoms with E-state index in [-0.39, 0.29) is 11.1 Å². The van der Waals surface area contributed by atoms with Gasteiger partial charge in [-0.2, -0.15) is 0 Å². The number of aromatic nitrogens is 1. The quantitative estimate of drug-likeness (QED) is 0.891. The van der Waals surface area contributed by atoms with Gasteiger partial charge in [0.05, 0.1) is 0 Å². The highest BCUT2D eigenvalue weighted by Gasteiger charge is 2.22. The van der Waals surface area contributed by atoms with E-state index in [0.717, 1.165) is 43.7 Å². The highest BCUT2D eigenvalue weighted by Crippen LogP contribution is 2.19. The van der Waals surface area contributed by atoms with Crippen molar-refractivity contribution in [2.24, 2.45) is 0 Å². The normalized spacial score (nSPS) is 15.3. The molecule has 0 aliphatic carbocycles. The second kappa shape index (κ2) is 5.57. The average Bonchev–Trinajstić information content (AvgIpc) is 2.40. The van der Waals surface area contributed by atoms with E-state index in [1.807, 2.05) is 6.92 Å². The molecular weight excluding hydrogens is 244 g/mol. The molecule has 104 valence electrons. The van der Waals surface area contributed by atoms with E-state index in [4.69, 9.17) is 5.11 Å². The van der Waals surface area contributed by atoms with Crippen LogP contribution >= 0.6 is 0 Å². The van der Waals surface area contributed by atoms with Crippen molar-refractivity contribution < 1.29 is 9.90 Å². The molecule has 1 N–H and O–H groups in total. The summed E-state index contributed by atoms with van der Waals surface area (Å²) in [7, 11) is 0. The van der Waals surface area contributed by atoms with E-state index >= 15 is 0 Å². The second-order valence-electron chi connectivity index (χ2n) is 4.91. The zero-order chi connectivity index (χ0) is 14.0. The van der Waals surface area contributed by atoms with Crippen LogP contribution in [0.25, 0.3) is 0 Å². The van der Waals surface area contributed by atoms with Crippen LogP contribution in [-0.4, -0.2) is 33.6 Å². The molecule has 5 nitrogen and oxygen atoms in total. The Morgan fingerprint density at radius 3 is 2.74 bits per heavy atom. The molecule has 1 aromatic rings. The van der Waals surface area contributed by atoms with Crippen LogP contribution in [0.4, 0.5) is 0 Å². The monoisotopic (exact) mass is 264 g/mol. The smallest absolute Gasteiger partial charge is 0.341 e. The van der Waals surface area contributed by atoms with Gasteiger partial charge < -0.3 is 9.67 Å². The molecule has 0 spiro atoms. The predicted molar refractivity (Wildman–Crippen MR) is 72.6 cm³/mol. The Labute approximate surface area is 112 Å². The highest BCUT2D eigenvalue weighted by molar-refractivity contribution is 5.87. The van der Waals surface area contributed by atoms with Crippen LogP contribution in [0.15, 0.2) is 10.9 Å². The number of aromatic carboxylic acids is 1. The average molecular weight is 264 g/mol. The molecule has 0 bridgehead atoms. The first-order valence-corrected chi connectivity index (χ1v) is 6.79. The summed E-state index contributed by atoms with van der Waals surface area (Å²) in [6.45, 7) is 7.27. The summed E-state index contributed by atoms with van der Waals surface area (Å²) in [6.07, 6.45) is 1.64. The fourth-order valence-electron chi connectivity index (χ4n) is 2.66. The van der Waals surface area contributed by atoms with Gasteiger partial charge in [0.15, 0.2) is 0 Å². The third-order valence-electron chi connectivity index (χ3n) is 3.67. The highest BCUT2D eigenvalue weighted by atomic mass is 16.4. The Morgan fingerprint density at radius 2 is 2.16 bits per heavy atom. The zero-order valence-corrected chi connectivity index (χ0v) is 11.5. The van der Waals surface area contributed by atoms with E-state index in [0.29, 0.717) is 6.54 Å². The topological polar surface area (TPSA) is 62.5 Å². The first-order chi connectivity index (χ1) is 9.08. The summed E-state index contributed by atoms with van der Waals surface area (Å²) in [4.78, 5) is 25.6. The third-order valence-corrected chi connectivity index (χ3v) is 3.67. The number of carboxylic acid groups (broad SMARTS) is 1. The number of likely N-dealkylation sites (N-methyl/N-ethyl adjacent to an activating group) is 1. The Balaban J connectivity index is 2.57. The molecule has 5 heteroatoms. The molecule has 0 saturated carbocycles. The van der Waals surface area contributed by atoms with E-state index in [2.05, 4.69) is 11.8 Å². The number of hydrogen-bond donors (Lipinski definition) is 1. The van der Waals surface area contributed by atoms with Crippen molar-refractivity contribution >= 4 is 5.97 Å². The molecular formula is C14H20N2O3. The summed E-state index contributed by atoms with van der Waals surface area (Å²) < 4.78 is 1.66. The van der Waals surface area contributed by atoms with Gasteiger partial charge in [0, 0.05) is 31.7 Å². The Kier molecular flexibility index (Phi) is 4.04. The van der Waals surface area contributed by atoms with Gasteiger partial charge in [0.25, 0.3) is 5.56 Å². The Morgan fingerprint density at radius 1 is 1.42 bits per heavy atom. The lowest BCUT2D eigenvalue weighted by Crippen LogP contribution is -2.37. The van der Waals surface area contributed by atoms with E-state index in [1.165, 1.54) is 0 Å². The number of hydrogen-bond acceptors (Lipinski definition) is 3. The molecule has 0 radical (unpaired) electrons. The molecule has 1 aliphatic rings.